The van der Waals surface area contributed by atoms with Crippen molar-refractivity contribution >= 4 is 17.9 Å². The number of hydrogen-bond acceptors (Lipinski definition) is 6. The summed E-state index contributed by atoms with van der Waals surface area (Å²) >= 11 is 0. The molecule has 3 aliphatic carbocycles. The molecule has 2 aliphatic heterocycles. The summed E-state index contributed by atoms with van der Waals surface area (Å²) in [4.78, 5) is 56.6. The van der Waals surface area contributed by atoms with Crippen molar-refractivity contribution in [3.05, 3.63) is 71.7 Å². The normalized spacial score (nSPS) is 24.5. The second-order valence-electron chi connectivity index (χ2n) is 16.3. The Labute approximate surface area is 308 Å². The van der Waals surface area contributed by atoms with E-state index in [-0.39, 0.29) is 34.6 Å². The minimum Gasteiger partial charge on any atom is -0.453 e. The van der Waals surface area contributed by atoms with Crippen LogP contribution in [0.2, 0.25) is 0 Å². The molecule has 4 fully saturated rings. The molecular weight excluding hydrogens is 654 g/mol. The van der Waals surface area contributed by atoms with Crippen LogP contribution in [0.3, 0.4) is 0 Å². The molecular formula is C41H57N7O4. The average Bonchev–Trinajstić information content (AvgIpc) is 3.99. The van der Waals surface area contributed by atoms with E-state index in [1.165, 1.54) is 48.8 Å². The van der Waals surface area contributed by atoms with Gasteiger partial charge in [-0.3, -0.25) is 9.59 Å². The largest absolute Gasteiger partial charge is 0.453 e. The first-order chi connectivity index (χ1) is 24.9. The Kier molecular flexibility index (Phi) is 11.3. The van der Waals surface area contributed by atoms with E-state index in [9.17, 15) is 14.4 Å². The Morgan fingerprint density at radius 3 is 2.27 bits per heavy atom. The van der Waals surface area contributed by atoms with Gasteiger partial charge in [-0.15, -0.1) is 0 Å². The minimum atomic E-state index is -0.626. The Balaban J connectivity index is 0.000000330. The third kappa shape index (κ3) is 7.83. The summed E-state index contributed by atoms with van der Waals surface area (Å²) in [6.07, 6.45) is 16.6. The van der Waals surface area contributed by atoms with Gasteiger partial charge in [0.05, 0.1) is 31.4 Å². The van der Waals surface area contributed by atoms with Gasteiger partial charge in [0.25, 0.3) is 0 Å². The number of aromatic nitrogens is 4. The van der Waals surface area contributed by atoms with Crippen molar-refractivity contribution in [2.45, 2.75) is 115 Å². The molecule has 3 aromatic rings. The van der Waals surface area contributed by atoms with Crippen LogP contribution in [-0.4, -0.2) is 80.4 Å². The summed E-state index contributed by atoms with van der Waals surface area (Å²) in [6, 6.07) is 8.34. The van der Waals surface area contributed by atoms with E-state index < -0.39 is 12.1 Å². The van der Waals surface area contributed by atoms with Gasteiger partial charge in [-0.25, -0.2) is 14.8 Å². The third-order valence-electron chi connectivity index (χ3n) is 12.0. The van der Waals surface area contributed by atoms with Crippen LogP contribution >= 0.6 is 0 Å². The number of nitrogens with one attached hydrogen (secondary N) is 3. The molecule has 1 aromatic carbocycles. The number of hydrogen-bond donors (Lipinski definition) is 3. The number of fused-ring (bicyclic) bond motifs is 3. The maximum absolute atomic E-state index is 13.5. The Morgan fingerprint density at radius 2 is 1.69 bits per heavy atom. The summed E-state index contributed by atoms with van der Waals surface area (Å²) in [6.45, 7) is 12.4. The summed E-state index contributed by atoms with van der Waals surface area (Å²) < 4.78 is 4.77. The first-order valence-electron chi connectivity index (χ1n) is 19.2. The van der Waals surface area contributed by atoms with E-state index in [0.29, 0.717) is 18.9 Å². The van der Waals surface area contributed by atoms with Crippen molar-refractivity contribution in [1.82, 2.24) is 35.1 Å². The maximum atomic E-state index is 13.5. The highest BCUT2D eigenvalue weighted by atomic mass is 16.5. The van der Waals surface area contributed by atoms with E-state index in [1.807, 2.05) is 36.0 Å². The fourth-order valence-corrected chi connectivity index (χ4v) is 8.77. The van der Waals surface area contributed by atoms with Crippen molar-refractivity contribution in [3.63, 3.8) is 0 Å². The standard InChI is InChI=1S/C31H40N6O3.C10H17NO/c1-20(2)26(36-29(39)40-3)28(38)37-16-4-5-24(37)27-33-18-25(35-27)31-13-10-30(11-14-31,12-15-31)22-8-6-21(7-9-22)23-17-32-19-34-23;1-8(2)6-10(12)11-5-4-9(3)7-11/h6-9,17-20,24,26H,4-5,10-16H2,1-3H3,(H,32,34)(H,33,35)(H,36,39);4,8H,5-7H2,1-3H3. The van der Waals surface area contributed by atoms with Crippen molar-refractivity contribution in [1.29, 1.82) is 0 Å². The quantitative estimate of drug-likeness (QED) is 0.201. The lowest BCUT2D eigenvalue weighted by molar-refractivity contribution is -0.135. The molecule has 2 atom stereocenters. The molecule has 11 heteroatoms. The molecule has 280 valence electrons. The van der Waals surface area contributed by atoms with Crippen LogP contribution in [0.25, 0.3) is 11.3 Å². The lowest BCUT2D eigenvalue weighted by Crippen LogP contribution is -2.51. The summed E-state index contributed by atoms with van der Waals surface area (Å²) in [5.41, 5.74) is 6.59. The average molecular weight is 712 g/mol. The molecule has 3 amide bonds. The van der Waals surface area contributed by atoms with Gasteiger partial charge in [-0.1, -0.05) is 63.6 Å². The lowest BCUT2D eigenvalue weighted by Gasteiger charge is -2.53. The van der Waals surface area contributed by atoms with Crippen molar-refractivity contribution in [3.8, 4) is 11.3 Å². The topological polar surface area (TPSA) is 136 Å². The van der Waals surface area contributed by atoms with Crippen molar-refractivity contribution in [2.75, 3.05) is 26.7 Å². The number of amides is 3. The second-order valence-corrected chi connectivity index (χ2v) is 16.3. The fraction of sp³-hybridized carbons (Fsp3) is 0.585. The number of imidazole rings is 2. The van der Waals surface area contributed by atoms with Gasteiger partial charge in [-0.2, -0.15) is 0 Å². The maximum Gasteiger partial charge on any atom is 0.407 e. The number of carbonyl (C=O) groups is 3. The van der Waals surface area contributed by atoms with Gasteiger partial charge < -0.3 is 29.8 Å². The molecule has 11 nitrogen and oxygen atoms in total. The summed E-state index contributed by atoms with van der Waals surface area (Å²) in [5.74, 6) is 1.51. The first kappa shape index (κ1) is 37.4. The molecule has 0 radical (unpaired) electrons. The van der Waals surface area contributed by atoms with Gasteiger partial charge in [0.15, 0.2) is 0 Å². The van der Waals surface area contributed by atoms with E-state index in [0.717, 1.165) is 56.7 Å². The smallest absolute Gasteiger partial charge is 0.407 e. The molecule has 3 saturated carbocycles. The van der Waals surface area contributed by atoms with Crippen LogP contribution in [0.5, 0.6) is 0 Å². The van der Waals surface area contributed by atoms with Crippen LogP contribution in [0, 0.1) is 11.8 Å². The summed E-state index contributed by atoms with van der Waals surface area (Å²) in [7, 11) is 1.32. The summed E-state index contributed by atoms with van der Waals surface area (Å²) in [5, 5.41) is 2.73. The Bertz CT molecular complexity index is 1700. The third-order valence-corrected chi connectivity index (χ3v) is 12.0. The zero-order valence-corrected chi connectivity index (χ0v) is 31.8. The van der Waals surface area contributed by atoms with Crippen molar-refractivity contribution in [2.24, 2.45) is 11.8 Å². The van der Waals surface area contributed by atoms with Gasteiger partial charge in [0, 0.05) is 43.4 Å². The highest BCUT2D eigenvalue weighted by Crippen LogP contribution is 2.58. The number of carbonyl (C=O) groups excluding carboxylic acids is 3. The molecule has 2 unspecified atom stereocenters. The molecule has 2 bridgehead atoms. The van der Waals surface area contributed by atoms with Gasteiger partial charge in [-0.05, 0) is 86.7 Å². The zero-order valence-electron chi connectivity index (χ0n) is 31.8. The molecule has 8 rings (SSSR count). The SMILES string of the molecule is CC1=CCN(C(=O)CC(C)C)C1.COC(=O)NC(C(=O)N1CCCC1c1ncc(C23CCC(c4ccc(-c5cnc[nH]5)cc4)(CC2)CC3)[nH]1)C(C)C. The predicted octanol–water partition coefficient (Wildman–Crippen LogP) is 7.21. The van der Waals surface area contributed by atoms with Crippen LogP contribution in [0.4, 0.5) is 4.79 Å². The van der Waals surface area contributed by atoms with Crippen LogP contribution in [0.1, 0.15) is 116 Å². The van der Waals surface area contributed by atoms with Crippen LogP contribution in [0.15, 0.2) is 54.6 Å². The van der Waals surface area contributed by atoms with E-state index >= 15 is 0 Å². The lowest BCUT2D eigenvalue weighted by atomic mass is 9.51. The van der Waals surface area contributed by atoms with Gasteiger partial charge in [0.1, 0.15) is 11.9 Å². The first-order valence-corrected chi connectivity index (χ1v) is 19.2. The number of aromatic amines is 2. The number of likely N-dealkylation sites (tertiary alicyclic amines) is 1. The number of benzene rings is 1. The highest BCUT2D eigenvalue weighted by Gasteiger charge is 2.51. The van der Waals surface area contributed by atoms with Crippen molar-refractivity contribution < 1.29 is 19.1 Å². The number of rotatable bonds is 9. The second kappa shape index (κ2) is 15.7. The van der Waals surface area contributed by atoms with Crippen LogP contribution in [-0.2, 0) is 25.2 Å². The highest BCUT2D eigenvalue weighted by molar-refractivity contribution is 5.86. The fourth-order valence-electron chi connectivity index (χ4n) is 8.77. The van der Waals surface area contributed by atoms with E-state index in [4.69, 9.17) is 9.72 Å². The van der Waals surface area contributed by atoms with E-state index in [1.54, 1.807) is 6.33 Å². The van der Waals surface area contributed by atoms with Gasteiger partial charge in [0.2, 0.25) is 11.8 Å². The minimum absolute atomic E-state index is 0.0506. The number of H-pyrrole nitrogens is 2. The molecule has 52 heavy (non-hydrogen) atoms. The molecule has 5 aliphatic rings. The Hall–Kier alpha value is -4.41. The van der Waals surface area contributed by atoms with Crippen LogP contribution < -0.4 is 5.32 Å². The molecule has 3 N–H and O–H groups in total. The number of nitrogens with zero attached hydrogens (tertiary/aromatic N) is 4. The Morgan fingerprint density at radius 1 is 1.00 bits per heavy atom. The zero-order chi connectivity index (χ0) is 37.0. The predicted molar refractivity (Wildman–Crippen MR) is 201 cm³/mol. The number of methoxy groups -OCH3 is 1. The number of ether oxygens (including phenoxy) is 1. The molecule has 4 heterocycles. The van der Waals surface area contributed by atoms with E-state index in [2.05, 4.69) is 71.4 Å². The molecule has 0 spiro atoms. The number of alkyl carbamates (subject to hydrolysis) is 1. The van der Waals surface area contributed by atoms with Gasteiger partial charge >= 0.3 is 6.09 Å². The monoisotopic (exact) mass is 711 g/mol. The molecule has 2 aromatic heterocycles. The molecule has 1 saturated heterocycles.